The summed E-state index contributed by atoms with van der Waals surface area (Å²) in [6, 6.07) is 14.3. The Morgan fingerprint density at radius 3 is 2.57 bits per heavy atom. The molecular weight excluding hydrogens is 398 g/mol. The Morgan fingerprint density at radius 2 is 1.89 bits per heavy atom. The molecule has 0 aliphatic carbocycles. The Kier molecular flexibility index (Phi) is 6.59. The molecule has 2 aromatic carbocycles. The van der Waals surface area contributed by atoms with Gasteiger partial charge < -0.3 is 14.0 Å². The summed E-state index contributed by atoms with van der Waals surface area (Å²) in [5, 5.41) is 9.22. The molecule has 1 atom stereocenters. The number of aromatic nitrogens is 3. The molecule has 0 spiro atoms. The van der Waals surface area contributed by atoms with Crippen molar-refractivity contribution in [2.75, 3.05) is 7.11 Å². The second-order valence-corrected chi connectivity index (χ2v) is 7.74. The van der Waals surface area contributed by atoms with Crippen LogP contribution in [-0.4, -0.2) is 32.9 Å². The van der Waals surface area contributed by atoms with E-state index < -0.39 is 0 Å². The number of para-hydroxylation sites is 1. The summed E-state index contributed by atoms with van der Waals surface area (Å²) >= 11 is 7.45. The number of thioether (sulfide) groups is 1. The van der Waals surface area contributed by atoms with Gasteiger partial charge in [-0.25, -0.2) is 0 Å². The molecule has 0 aliphatic rings. The Labute approximate surface area is 172 Å². The number of Topliss-reactive ketones (excluding diaryl/α,β-unsaturated/α-hetero) is 1. The molecule has 3 rings (SSSR count). The summed E-state index contributed by atoms with van der Waals surface area (Å²) in [5.74, 6) is 1.97. The number of ketones is 1. The number of benzene rings is 2. The number of hydrogen-bond donors (Lipinski definition) is 0. The normalized spacial score (nSPS) is 11.9. The zero-order chi connectivity index (χ0) is 20.1. The third-order valence-corrected chi connectivity index (χ3v) is 5.59. The SMILES string of the molecule is COc1ccc(C(=O)C(C)Sc2nnc(COc3ccccc3Cl)n2C)cc1. The Balaban J connectivity index is 1.64. The Morgan fingerprint density at radius 1 is 1.18 bits per heavy atom. The molecule has 0 saturated carbocycles. The van der Waals surface area contributed by atoms with Gasteiger partial charge in [-0.3, -0.25) is 4.79 Å². The van der Waals surface area contributed by atoms with Crippen molar-refractivity contribution in [3.8, 4) is 11.5 Å². The molecule has 0 radical (unpaired) electrons. The predicted octanol–water partition coefficient (Wildman–Crippen LogP) is 4.42. The molecule has 6 nitrogen and oxygen atoms in total. The Hall–Kier alpha value is -2.51. The second-order valence-electron chi connectivity index (χ2n) is 6.03. The standard InChI is InChI=1S/C20H20ClN3O3S/c1-13(19(25)14-8-10-15(26-3)11-9-14)28-20-23-22-18(24(20)2)12-27-17-7-5-4-6-16(17)21/h4-11,13H,12H2,1-3H3. The van der Waals surface area contributed by atoms with E-state index in [-0.39, 0.29) is 17.6 Å². The van der Waals surface area contributed by atoms with Crippen LogP contribution in [0.2, 0.25) is 5.02 Å². The predicted molar refractivity (Wildman–Crippen MR) is 109 cm³/mol. The highest BCUT2D eigenvalue weighted by Gasteiger charge is 2.20. The van der Waals surface area contributed by atoms with E-state index in [1.807, 2.05) is 30.7 Å². The van der Waals surface area contributed by atoms with Gasteiger partial charge in [-0.15, -0.1) is 10.2 Å². The molecule has 0 amide bonds. The molecule has 1 unspecified atom stereocenters. The third kappa shape index (κ3) is 4.66. The smallest absolute Gasteiger partial charge is 0.191 e. The minimum atomic E-state index is -0.311. The third-order valence-electron chi connectivity index (χ3n) is 4.14. The molecular formula is C20H20ClN3O3S. The first-order chi connectivity index (χ1) is 13.5. The second kappa shape index (κ2) is 9.12. The summed E-state index contributed by atoms with van der Waals surface area (Å²) < 4.78 is 12.7. The van der Waals surface area contributed by atoms with Crippen molar-refractivity contribution >= 4 is 29.1 Å². The number of halogens is 1. The van der Waals surface area contributed by atoms with Crippen molar-refractivity contribution in [1.82, 2.24) is 14.8 Å². The summed E-state index contributed by atoms with van der Waals surface area (Å²) in [4.78, 5) is 12.7. The zero-order valence-corrected chi connectivity index (χ0v) is 17.3. The number of carbonyl (C=O) groups is 1. The van der Waals surface area contributed by atoms with Crippen LogP contribution in [0.15, 0.2) is 53.7 Å². The van der Waals surface area contributed by atoms with E-state index in [4.69, 9.17) is 21.1 Å². The van der Waals surface area contributed by atoms with Crippen LogP contribution in [0.3, 0.4) is 0 Å². The summed E-state index contributed by atoms with van der Waals surface area (Å²) in [7, 11) is 3.44. The molecule has 0 fully saturated rings. The van der Waals surface area contributed by atoms with E-state index >= 15 is 0 Å². The van der Waals surface area contributed by atoms with Crippen molar-refractivity contribution in [2.45, 2.75) is 23.9 Å². The van der Waals surface area contributed by atoms with E-state index in [0.717, 1.165) is 0 Å². The fourth-order valence-corrected chi connectivity index (χ4v) is 3.58. The van der Waals surface area contributed by atoms with Crippen LogP contribution >= 0.6 is 23.4 Å². The Bertz CT molecular complexity index is 960. The van der Waals surface area contributed by atoms with E-state index in [9.17, 15) is 4.79 Å². The van der Waals surface area contributed by atoms with Gasteiger partial charge in [-0.1, -0.05) is 35.5 Å². The van der Waals surface area contributed by atoms with Crippen LogP contribution in [0.25, 0.3) is 0 Å². The first kappa shape index (κ1) is 20.2. The number of ether oxygens (including phenoxy) is 2. The van der Waals surface area contributed by atoms with Gasteiger partial charge in [0.25, 0.3) is 0 Å². The topological polar surface area (TPSA) is 66.2 Å². The van der Waals surface area contributed by atoms with E-state index in [2.05, 4.69) is 10.2 Å². The van der Waals surface area contributed by atoms with Crippen molar-refractivity contribution in [3.63, 3.8) is 0 Å². The number of nitrogens with zero attached hydrogens (tertiary/aromatic N) is 3. The van der Waals surface area contributed by atoms with E-state index in [0.29, 0.717) is 33.1 Å². The van der Waals surface area contributed by atoms with Crippen LogP contribution in [0, 0.1) is 0 Å². The summed E-state index contributed by atoms with van der Waals surface area (Å²) in [6.45, 7) is 2.08. The quantitative estimate of drug-likeness (QED) is 0.399. The molecule has 3 aromatic rings. The number of carbonyl (C=O) groups excluding carboxylic acids is 1. The average Bonchev–Trinajstić information content (AvgIpc) is 3.06. The zero-order valence-electron chi connectivity index (χ0n) is 15.8. The van der Waals surface area contributed by atoms with Crippen LogP contribution in [-0.2, 0) is 13.7 Å². The molecule has 8 heteroatoms. The van der Waals surface area contributed by atoms with Gasteiger partial charge >= 0.3 is 0 Å². The number of methoxy groups -OCH3 is 1. The fraction of sp³-hybridized carbons (Fsp3) is 0.250. The van der Waals surface area contributed by atoms with Crippen molar-refractivity contribution in [1.29, 1.82) is 0 Å². The molecule has 0 saturated heterocycles. The molecule has 146 valence electrons. The van der Waals surface area contributed by atoms with Crippen molar-refractivity contribution in [3.05, 3.63) is 64.9 Å². The fourth-order valence-electron chi connectivity index (χ4n) is 2.48. The highest BCUT2D eigenvalue weighted by Crippen LogP contribution is 2.27. The number of rotatable bonds is 8. The average molecular weight is 418 g/mol. The van der Waals surface area contributed by atoms with Gasteiger partial charge in [-0.05, 0) is 43.3 Å². The lowest BCUT2D eigenvalue weighted by atomic mass is 10.1. The van der Waals surface area contributed by atoms with E-state index in [1.165, 1.54) is 11.8 Å². The van der Waals surface area contributed by atoms with Crippen LogP contribution in [0.5, 0.6) is 11.5 Å². The summed E-state index contributed by atoms with van der Waals surface area (Å²) in [6.07, 6.45) is 0. The molecule has 0 N–H and O–H groups in total. The van der Waals surface area contributed by atoms with Gasteiger partial charge in [-0.2, -0.15) is 0 Å². The lowest BCUT2D eigenvalue weighted by Gasteiger charge is -2.11. The monoisotopic (exact) mass is 417 g/mol. The lowest BCUT2D eigenvalue weighted by molar-refractivity contribution is 0.0994. The minimum Gasteiger partial charge on any atom is -0.497 e. The largest absolute Gasteiger partial charge is 0.497 e. The van der Waals surface area contributed by atoms with Gasteiger partial charge in [0.15, 0.2) is 16.8 Å². The minimum absolute atomic E-state index is 0.0181. The number of hydrogen-bond acceptors (Lipinski definition) is 6. The highest BCUT2D eigenvalue weighted by molar-refractivity contribution is 8.00. The van der Waals surface area contributed by atoms with E-state index in [1.54, 1.807) is 43.5 Å². The van der Waals surface area contributed by atoms with Crippen molar-refractivity contribution in [2.24, 2.45) is 7.05 Å². The summed E-state index contributed by atoms with van der Waals surface area (Å²) in [5.41, 5.74) is 0.630. The molecule has 0 bridgehead atoms. The van der Waals surface area contributed by atoms with Crippen LogP contribution in [0.1, 0.15) is 23.1 Å². The van der Waals surface area contributed by atoms with Crippen molar-refractivity contribution < 1.29 is 14.3 Å². The maximum absolute atomic E-state index is 12.7. The van der Waals surface area contributed by atoms with Gasteiger partial charge in [0.1, 0.15) is 18.1 Å². The molecule has 0 aliphatic heterocycles. The lowest BCUT2D eigenvalue weighted by Crippen LogP contribution is -2.14. The van der Waals surface area contributed by atoms with Crippen LogP contribution in [0.4, 0.5) is 0 Å². The van der Waals surface area contributed by atoms with Gasteiger partial charge in [0.05, 0.1) is 17.4 Å². The molecule has 28 heavy (non-hydrogen) atoms. The maximum atomic E-state index is 12.7. The maximum Gasteiger partial charge on any atom is 0.191 e. The van der Waals surface area contributed by atoms with Gasteiger partial charge in [0, 0.05) is 12.6 Å². The first-order valence-corrected chi connectivity index (χ1v) is 9.86. The van der Waals surface area contributed by atoms with Gasteiger partial charge in [0.2, 0.25) is 0 Å². The first-order valence-electron chi connectivity index (χ1n) is 8.60. The highest BCUT2D eigenvalue weighted by atomic mass is 35.5. The molecule has 1 heterocycles. The molecule has 1 aromatic heterocycles. The van der Waals surface area contributed by atoms with Crippen LogP contribution < -0.4 is 9.47 Å².